The van der Waals surface area contributed by atoms with Gasteiger partial charge in [-0.05, 0) is 27.3 Å². The lowest BCUT2D eigenvalue weighted by molar-refractivity contribution is -0.141. The van der Waals surface area contributed by atoms with E-state index in [0.717, 1.165) is 0 Å². The largest absolute Gasteiger partial charge is 0.481 e. The highest BCUT2D eigenvalue weighted by Crippen LogP contribution is 2.15. The van der Waals surface area contributed by atoms with Gasteiger partial charge in [0, 0.05) is 5.54 Å². The van der Waals surface area contributed by atoms with Crippen molar-refractivity contribution in [3.05, 3.63) is 0 Å². The number of hydrogen-bond donors (Lipinski definition) is 2. The van der Waals surface area contributed by atoms with Crippen LogP contribution in [-0.2, 0) is 4.79 Å². The molecule has 0 aliphatic carbocycles. The van der Waals surface area contributed by atoms with Crippen molar-refractivity contribution in [1.29, 1.82) is 0 Å². The molecule has 2 N–H and O–H groups in total. The van der Waals surface area contributed by atoms with Crippen LogP contribution in [0.2, 0.25) is 0 Å². The first-order valence-corrected chi connectivity index (χ1v) is 3.81. The van der Waals surface area contributed by atoms with E-state index in [0.29, 0.717) is 6.42 Å². The number of hydrogen-bond acceptors (Lipinski definition) is 2. The average Bonchev–Trinajstić information content (AvgIpc) is 1.87. The molecule has 0 aliphatic heterocycles. The summed E-state index contributed by atoms with van der Waals surface area (Å²) in [6, 6.07) is 0. The Morgan fingerprint density at radius 2 is 2.09 bits per heavy atom. The lowest BCUT2D eigenvalue weighted by atomic mass is 9.92. The Balaban J connectivity index is 3.93. The van der Waals surface area contributed by atoms with E-state index in [1.54, 1.807) is 6.92 Å². The van der Waals surface area contributed by atoms with Crippen LogP contribution in [0.5, 0.6) is 0 Å². The molecular formula is C8H17NO2. The van der Waals surface area contributed by atoms with Crippen LogP contribution in [-0.4, -0.2) is 23.7 Å². The van der Waals surface area contributed by atoms with Gasteiger partial charge in [-0.25, -0.2) is 0 Å². The monoisotopic (exact) mass is 159 g/mol. The van der Waals surface area contributed by atoms with Crippen molar-refractivity contribution in [2.45, 2.75) is 32.7 Å². The van der Waals surface area contributed by atoms with Crippen molar-refractivity contribution in [2.24, 2.45) is 5.92 Å². The summed E-state index contributed by atoms with van der Waals surface area (Å²) in [7, 11) is 1.84. The minimum atomic E-state index is -0.728. The lowest BCUT2D eigenvalue weighted by Gasteiger charge is -2.25. The molecule has 1 atom stereocenters. The van der Waals surface area contributed by atoms with Crippen molar-refractivity contribution in [2.75, 3.05) is 7.05 Å². The molecule has 66 valence electrons. The second kappa shape index (κ2) is 3.72. The third-order valence-corrected chi connectivity index (χ3v) is 1.91. The maximum atomic E-state index is 10.5. The highest BCUT2D eigenvalue weighted by molar-refractivity contribution is 5.69. The standard InChI is InChI=1S/C8H17NO2/c1-6(7(10)11)5-8(2,3)9-4/h6,9H,5H2,1-4H3,(H,10,11). The zero-order valence-corrected chi connectivity index (χ0v) is 7.64. The fourth-order valence-electron chi connectivity index (χ4n) is 0.955. The summed E-state index contributed by atoms with van der Waals surface area (Å²) in [5.41, 5.74) is -0.0855. The quantitative estimate of drug-likeness (QED) is 0.645. The maximum Gasteiger partial charge on any atom is 0.306 e. The first-order valence-electron chi connectivity index (χ1n) is 3.81. The van der Waals surface area contributed by atoms with Crippen LogP contribution < -0.4 is 5.32 Å². The van der Waals surface area contributed by atoms with Crippen molar-refractivity contribution in [1.82, 2.24) is 5.32 Å². The summed E-state index contributed by atoms with van der Waals surface area (Å²) in [5.74, 6) is -1.01. The molecule has 1 unspecified atom stereocenters. The van der Waals surface area contributed by atoms with Crippen LogP contribution in [0.1, 0.15) is 27.2 Å². The molecule has 11 heavy (non-hydrogen) atoms. The topological polar surface area (TPSA) is 49.3 Å². The van der Waals surface area contributed by atoms with Gasteiger partial charge in [-0.15, -0.1) is 0 Å². The fraction of sp³-hybridized carbons (Fsp3) is 0.875. The van der Waals surface area contributed by atoms with Gasteiger partial charge in [0.25, 0.3) is 0 Å². The zero-order chi connectivity index (χ0) is 9.07. The highest BCUT2D eigenvalue weighted by atomic mass is 16.4. The Kier molecular flexibility index (Phi) is 3.52. The van der Waals surface area contributed by atoms with Gasteiger partial charge in [0.05, 0.1) is 5.92 Å². The minimum Gasteiger partial charge on any atom is -0.481 e. The molecule has 3 nitrogen and oxygen atoms in total. The van der Waals surface area contributed by atoms with E-state index in [2.05, 4.69) is 5.32 Å². The number of rotatable bonds is 4. The Morgan fingerprint density at radius 1 is 1.64 bits per heavy atom. The van der Waals surface area contributed by atoms with E-state index in [9.17, 15) is 4.79 Å². The van der Waals surface area contributed by atoms with Crippen LogP contribution in [0, 0.1) is 5.92 Å². The van der Waals surface area contributed by atoms with Gasteiger partial charge in [-0.2, -0.15) is 0 Å². The molecule has 0 heterocycles. The third-order valence-electron chi connectivity index (χ3n) is 1.91. The Bertz CT molecular complexity index is 143. The van der Waals surface area contributed by atoms with Gasteiger partial charge in [-0.1, -0.05) is 6.92 Å². The van der Waals surface area contributed by atoms with Crippen molar-refractivity contribution >= 4 is 5.97 Å². The molecule has 0 aromatic rings. The average molecular weight is 159 g/mol. The van der Waals surface area contributed by atoms with Gasteiger partial charge in [0.2, 0.25) is 0 Å². The van der Waals surface area contributed by atoms with Crippen LogP contribution in [0.15, 0.2) is 0 Å². The zero-order valence-electron chi connectivity index (χ0n) is 7.64. The first-order chi connectivity index (χ1) is 4.89. The SMILES string of the molecule is CNC(C)(C)CC(C)C(=O)O. The van der Waals surface area contributed by atoms with Crippen LogP contribution in [0.3, 0.4) is 0 Å². The van der Waals surface area contributed by atoms with E-state index in [4.69, 9.17) is 5.11 Å². The predicted octanol–water partition coefficient (Wildman–Crippen LogP) is 1.10. The van der Waals surface area contributed by atoms with Crippen LogP contribution >= 0.6 is 0 Å². The van der Waals surface area contributed by atoms with Gasteiger partial charge >= 0.3 is 5.97 Å². The molecule has 0 rings (SSSR count). The molecule has 0 aromatic carbocycles. The van der Waals surface area contributed by atoms with Gasteiger partial charge in [0.15, 0.2) is 0 Å². The van der Waals surface area contributed by atoms with Gasteiger partial charge in [0.1, 0.15) is 0 Å². The summed E-state index contributed by atoms with van der Waals surface area (Å²) in [6.45, 7) is 5.71. The fourth-order valence-corrected chi connectivity index (χ4v) is 0.955. The lowest BCUT2D eigenvalue weighted by Crippen LogP contribution is -2.39. The molecule has 0 saturated carbocycles. The number of carbonyl (C=O) groups is 1. The summed E-state index contributed by atoms with van der Waals surface area (Å²) in [4.78, 5) is 10.5. The minimum absolute atomic E-state index is 0.0855. The van der Waals surface area contributed by atoms with E-state index < -0.39 is 5.97 Å². The van der Waals surface area contributed by atoms with Crippen molar-refractivity contribution in [3.63, 3.8) is 0 Å². The van der Waals surface area contributed by atoms with Crippen molar-refractivity contribution < 1.29 is 9.90 Å². The molecule has 0 aromatic heterocycles. The first kappa shape index (κ1) is 10.4. The maximum absolute atomic E-state index is 10.5. The molecule has 0 aliphatic rings. The summed E-state index contributed by atoms with van der Waals surface area (Å²) in [6.07, 6.45) is 0.652. The summed E-state index contributed by atoms with van der Waals surface area (Å²) in [5, 5.41) is 11.7. The normalized spacial score (nSPS) is 14.5. The number of aliphatic carboxylic acids is 1. The molecule has 0 radical (unpaired) electrons. The van der Waals surface area contributed by atoms with E-state index in [1.165, 1.54) is 0 Å². The van der Waals surface area contributed by atoms with E-state index >= 15 is 0 Å². The Hall–Kier alpha value is -0.570. The third kappa shape index (κ3) is 3.98. The van der Waals surface area contributed by atoms with E-state index in [1.807, 2.05) is 20.9 Å². The van der Waals surface area contributed by atoms with E-state index in [-0.39, 0.29) is 11.5 Å². The van der Waals surface area contributed by atoms with Gasteiger partial charge < -0.3 is 10.4 Å². The Morgan fingerprint density at radius 3 is 2.36 bits per heavy atom. The Labute approximate surface area is 67.8 Å². The van der Waals surface area contributed by atoms with Crippen LogP contribution in [0.25, 0.3) is 0 Å². The number of nitrogens with one attached hydrogen (secondary N) is 1. The van der Waals surface area contributed by atoms with Gasteiger partial charge in [-0.3, -0.25) is 4.79 Å². The number of carboxylic acids is 1. The molecule has 0 bridgehead atoms. The predicted molar refractivity (Wildman–Crippen MR) is 44.6 cm³/mol. The molecule has 0 amide bonds. The summed E-state index contributed by atoms with van der Waals surface area (Å²) >= 11 is 0. The molecule has 0 fully saturated rings. The summed E-state index contributed by atoms with van der Waals surface area (Å²) < 4.78 is 0. The molecule has 3 heteroatoms. The molecule has 0 saturated heterocycles. The number of carboxylic acid groups (broad SMARTS) is 1. The molecular weight excluding hydrogens is 142 g/mol. The highest BCUT2D eigenvalue weighted by Gasteiger charge is 2.22. The second-order valence-electron chi connectivity index (χ2n) is 3.58. The smallest absolute Gasteiger partial charge is 0.306 e. The molecule has 0 spiro atoms. The van der Waals surface area contributed by atoms with Crippen LogP contribution in [0.4, 0.5) is 0 Å². The van der Waals surface area contributed by atoms with Crippen molar-refractivity contribution in [3.8, 4) is 0 Å². The second-order valence-corrected chi connectivity index (χ2v) is 3.58.